The third-order valence-electron chi connectivity index (χ3n) is 4.41. The lowest BCUT2D eigenvalue weighted by Crippen LogP contribution is -2.53. The van der Waals surface area contributed by atoms with E-state index in [9.17, 15) is 18.0 Å². The molecule has 0 radical (unpaired) electrons. The first-order valence-electron chi connectivity index (χ1n) is 8.59. The molecule has 0 aliphatic carbocycles. The molecular weight excluding hydrogens is 356 g/mol. The van der Waals surface area contributed by atoms with E-state index < -0.39 is 16.1 Å². The summed E-state index contributed by atoms with van der Waals surface area (Å²) in [6, 6.07) is 7.57. The van der Waals surface area contributed by atoms with Gasteiger partial charge in [0.25, 0.3) is 0 Å². The molecule has 0 bridgehead atoms. The van der Waals surface area contributed by atoms with Crippen LogP contribution in [-0.4, -0.2) is 68.2 Å². The van der Waals surface area contributed by atoms with E-state index in [1.54, 1.807) is 35.2 Å². The molecule has 26 heavy (non-hydrogen) atoms. The fourth-order valence-electron chi connectivity index (χ4n) is 2.61. The van der Waals surface area contributed by atoms with Crippen molar-refractivity contribution in [1.82, 2.24) is 14.5 Å². The average Bonchev–Trinajstić information content (AvgIpc) is 2.65. The number of sulfonamides is 1. The number of amides is 2. The standard InChI is InChI=1S/C17H26N4O4S/c1-13(2)16(18)17(23)19-12-15(22)20-8-10-21(11-9-20)26(24,25)14-6-4-3-5-7-14/h3-7,13,16H,8-12,18H2,1-2H3,(H,19,23)/t16-/m0/s1. The monoisotopic (exact) mass is 382 g/mol. The van der Waals surface area contributed by atoms with Crippen molar-refractivity contribution in [3.05, 3.63) is 30.3 Å². The summed E-state index contributed by atoms with van der Waals surface area (Å²) in [6.07, 6.45) is 0. The van der Waals surface area contributed by atoms with Crippen LogP contribution in [0.3, 0.4) is 0 Å². The molecule has 1 atom stereocenters. The Morgan fingerprint density at radius 2 is 1.69 bits per heavy atom. The summed E-state index contributed by atoms with van der Waals surface area (Å²) in [5.74, 6) is -0.624. The number of carbonyl (C=O) groups is 2. The number of hydrogen-bond donors (Lipinski definition) is 2. The summed E-state index contributed by atoms with van der Waals surface area (Å²) in [5, 5.41) is 2.54. The zero-order valence-electron chi connectivity index (χ0n) is 15.1. The Hall–Kier alpha value is -1.97. The van der Waals surface area contributed by atoms with Crippen molar-refractivity contribution < 1.29 is 18.0 Å². The number of hydrogen-bond acceptors (Lipinski definition) is 5. The molecule has 0 unspecified atom stereocenters. The molecule has 1 aliphatic heterocycles. The van der Waals surface area contributed by atoms with Crippen molar-refractivity contribution in [2.75, 3.05) is 32.7 Å². The predicted octanol–water partition coefficient (Wildman–Crippen LogP) is -0.381. The van der Waals surface area contributed by atoms with Crippen LogP contribution >= 0.6 is 0 Å². The first-order valence-corrected chi connectivity index (χ1v) is 10.0. The van der Waals surface area contributed by atoms with Gasteiger partial charge in [-0.1, -0.05) is 32.0 Å². The second-order valence-electron chi connectivity index (χ2n) is 6.59. The Balaban J connectivity index is 1.86. The van der Waals surface area contributed by atoms with E-state index in [0.29, 0.717) is 0 Å². The maximum atomic E-state index is 12.6. The zero-order chi connectivity index (χ0) is 19.3. The Morgan fingerprint density at radius 3 is 2.23 bits per heavy atom. The number of rotatable bonds is 6. The van der Waals surface area contributed by atoms with Gasteiger partial charge >= 0.3 is 0 Å². The second-order valence-corrected chi connectivity index (χ2v) is 8.52. The van der Waals surface area contributed by atoms with Crippen LogP contribution in [0.25, 0.3) is 0 Å². The van der Waals surface area contributed by atoms with E-state index in [1.807, 2.05) is 13.8 Å². The summed E-state index contributed by atoms with van der Waals surface area (Å²) in [7, 11) is -3.55. The fourth-order valence-corrected chi connectivity index (χ4v) is 4.06. The topological polar surface area (TPSA) is 113 Å². The smallest absolute Gasteiger partial charge is 0.243 e. The Labute approximate surface area is 154 Å². The van der Waals surface area contributed by atoms with Crippen molar-refractivity contribution in [2.45, 2.75) is 24.8 Å². The highest BCUT2D eigenvalue weighted by Gasteiger charge is 2.30. The van der Waals surface area contributed by atoms with Crippen molar-refractivity contribution in [2.24, 2.45) is 11.7 Å². The number of nitrogens with one attached hydrogen (secondary N) is 1. The lowest BCUT2D eigenvalue weighted by atomic mass is 10.1. The highest BCUT2D eigenvalue weighted by molar-refractivity contribution is 7.89. The molecule has 2 amide bonds. The zero-order valence-corrected chi connectivity index (χ0v) is 15.9. The van der Waals surface area contributed by atoms with Gasteiger partial charge in [0, 0.05) is 26.2 Å². The summed E-state index contributed by atoms with van der Waals surface area (Å²) in [5.41, 5.74) is 5.74. The molecule has 1 saturated heterocycles. The Morgan fingerprint density at radius 1 is 1.12 bits per heavy atom. The maximum absolute atomic E-state index is 12.6. The number of nitrogens with two attached hydrogens (primary N) is 1. The van der Waals surface area contributed by atoms with E-state index in [2.05, 4.69) is 5.32 Å². The van der Waals surface area contributed by atoms with Crippen LogP contribution in [0.5, 0.6) is 0 Å². The van der Waals surface area contributed by atoms with E-state index in [0.717, 1.165) is 0 Å². The van der Waals surface area contributed by atoms with Gasteiger partial charge in [-0.25, -0.2) is 8.42 Å². The number of piperazine rings is 1. The molecule has 8 nitrogen and oxygen atoms in total. The van der Waals surface area contributed by atoms with Crippen molar-refractivity contribution in [1.29, 1.82) is 0 Å². The van der Waals surface area contributed by atoms with Gasteiger partial charge in [0.15, 0.2) is 0 Å². The maximum Gasteiger partial charge on any atom is 0.243 e. The van der Waals surface area contributed by atoms with Crippen molar-refractivity contribution >= 4 is 21.8 Å². The summed E-state index contributed by atoms with van der Waals surface area (Å²) >= 11 is 0. The van der Waals surface area contributed by atoms with Crippen LogP contribution in [-0.2, 0) is 19.6 Å². The largest absolute Gasteiger partial charge is 0.346 e. The number of carbonyl (C=O) groups excluding carboxylic acids is 2. The quantitative estimate of drug-likeness (QED) is 0.696. The van der Waals surface area contributed by atoms with E-state index in [-0.39, 0.29) is 55.4 Å². The summed E-state index contributed by atoms with van der Waals surface area (Å²) < 4.78 is 26.5. The Kier molecular flexibility index (Phi) is 6.74. The van der Waals surface area contributed by atoms with Gasteiger partial charge in [-0.3, -0.25) is 9.59 Å². The van der Waals surface area contributed by atoms with E-state index in [1.165, 1.54) is 4.31 Å². The summed E-state index contributed by atoms with van der Waals surface area (Å²) in [6.45, 7) is 4.56. The van der Waals surface area contributed by atoms with Crippen LogP contribution in [0, 0.1) is 5.92 Å². The molecule has 1 heterocycles. The third kappa shape index (κ3) is 4.80. The van der Waals surface area contributed by atoms with Crippen LogP contribution in [0.15, 0.2) is 35.2 Å². The SMILES string of the molecule is CC(C)[C@H](N)C(=O)NCC(=O)N1CCN(S(=O)(=O)c2ccccc2)CC1. The summed E-state index contributed by atoms with van der Waals surface area (Å²) in [4.78, 5) is 25.8. The lowest BCUT2D eigenvalue weighted by molar-refractivity contribution is -0.134. The Bertz CT molecular complexity index is 728. The molecule has 144 valence electrons. The highest BCUT2D eigenvalue weighted by Crippen LogP contribution is 2.17. The third-order valence-corrected chi connectivity index (χ3v) is 6.32. The minimum absolute atomic E-state index is 0.0168. The molecule has 2 rings (SSSR count). The van der Waals surface area contributed by atoms with Gasteiger partial charge < -0.3 is 16.0 Å². The first-order chi connectivity index (χ1) is 12.2. The van der Waals surface area contributed by atoms with Gasteiger partial charge in [0.05, 0.1) is 17.5 Å². The van der Waals surface area contributed by atoms with Crippen LogP contribution < -0.4 is 11.1 Å². The molecule has 3 N–H and O–H groups in total. The van der Waals surface area contributed by atoms with Gasteiger partial charge in [-0.2, -0.15) is 4.31 Å². The molecule has 0 spiro atoms. The van der Waals surface area contributed by atoms with Crippen molar-refractivity contribution in [3.63, 3.8) is 0 Å². The molecule has 1 aliphatic rings. The average molecular weight is 382 g/mol. The second kappa shape index (κ2) is 8.61. The van der Waals surface area contributed by atoms with Gasteiger partial charge in [-0.15, -0.1) is 0 Å². The van der Waals surface area contributed by atoms with Gasteiger partial charge in [-0.05, 0) is 18.1 Å². The fraction of sp³-hybridized carbons (Fsp3) is 0.529. The minimum Gasteiger partial charge on any atom is -0.346 e. The molecular formula is C17H26N4O4S. The van der Waals surface area contributed by atoms with E-state index in [4.69, 9.17) is 5.73 Å². The molecule has 9 heteroatoms. The lowest BCUT2D eigenvalue weighted by Gasteiger charge is -2.34. The number of benzene rings is 1. The van der Waals surface area contributed by atoms with E-state index >= 15 is 0 Å². The molecule has 1 aromatic carbocycles. The molecule has 0 saturated carbocycles. The molecule has 0 aromatic heterocycles. The van der Waals surface area contributed by atoms with Crippen LogP contribution in [0.2, 0.25) is 0 Å². The predicted molar refractivity (Wildman–Crippen MR) is 97.6 cm³/mol. The molecule has 1 fully saturated rings. The normalized spacial score (nSPS) is 17.2. The van der Waals surface area contributed by atoms with Gasteiger partial charge in [0.1, 0.15) is 0 Å². The first kappa shape index (κ1) is 20.3. The van der Waals surface area contributed by atoms with Crippen LogP contribution in [0.1, 0.15) is 13.8 Å². The molecule has 1 aromatic rings. The minimum atomic E-state index is -3.55. The van der Waals surface area contributed by atoms with Crippen molar-refractivity contribution in [3.8, 4) is 0 Å². The highest BCUT2D eigenvalue weighted by atomic mass is 32.2. The number of nitrogens with zero attached hydrogens (tertiary/aromatic N) is 2. The van der Waals surface area contributed by atoms with Crippen LogP contribution in [0.4, 0.5) is 0 Å². The van der Waals surface area contributed by atoms with Gasteiger partial charge in [0.2, 0.25) is 21.8 Å².